The smallest absolute Gasteiger partial charge is 0.306 e. The average molecular weight is 863 g/mol. The number of unbranched alkanes of at least 4 members (excludes halogenated alkanes) is 1. The Morgan fingerprint density at radius 2 is 1.80 bits per heavy atom. The summed E-state index contributed by atoms with van der Waals surface area (Å²) in [5.41, 5.74) is -0.0891. The monoisotopic (exact) mass is 862 g/mol. The summed E-state index contributed by atoms with van der Waals surface area (Å²) in [6.45, 7) is 12.1. The molecule has 15 nitrogen and oxygen atoms in total. The maximum atomic E-state index is 13.1. The highest BCUT2D eigenvalue weighted by Gasteiger charge is 2.64. The van der Waals surface area contributed by atoms with Crippen molar-refractivity contribution >= 4 is 59.2 Å². The molecule has 1 spiro atoms. The fourth-order valence-corrected chi connectivity index (χ4v) is 10.7. The molecular formula is C32H49IO15S2-2. The molecule has 50 heavy (non-hydrogen) atoms. The molecule has 3 aliphatic carbocycles. The van der Waals surface area contributed by atoms with E-state index in [0.29, 0.717) is 17.3 Å². The number of fused-ring (bicyclic) bond motifs is 1. The number of alkyl halides is 1. The second kappa shape index (κ2) is 19.3. The third-order valence-corrected chi connectivity index (χ3v) is 13.0. The molecule has 4 fully saturated rings. The zero-order valence-corrected chi connectivity index (χ0v) is 32.5. The van der Waals surface area contributed by atoms with E-state index < -0.39 is 71.6 Å². The SMILES string of the molecule is C=C1CCC2(CCC3C(C(=O)O)CC(O[C@@H]4O[C@@H](C[125I])[C@@H](OSOO[O-])[C@H](OSOO[O-])C4OC(=O)CC(C)C)CC3(C)C2CCCC)[C@H]1O. The Morgan fingerprint density at radius 1 is 1.12 bits per heavy atom. The van der Waals surface area contributed by atoms with Crippen LogP contribution in [0.4, 0.5) is 0 Å². The summed E-state index contributed by atoms with van der Waals surface area (Å²) < 4.78 is 39.3. The predicted molar refractivity (Wildman–Crippen MR) is 182 cm³/mol. The van der Waals surface area contributed by atoms with Gasteiger partial charge in [0, 0.05) is 16.3 Å². The van der Waals surface area contributed by atoms with Crippen LogP contribution >= 0.6 is 47.2 Å². The number of esters is 1. The first-order valence-corrected chi connectivity index (χ1v) is 19.9. The molecule has 0 amide bonds. The number of carboxylic acids is 1. The highest BCUT2D eigenvalue weighted by atomic mass is 125. The molecule has 7 unspecified atom stereocenters. The van der Waals surface area contributed by atoms with Gasteiger partial charge in [-0.2, -0.15) is 0 Å². The Kier molecular flexibility index (Phi) is 16.4. The number of hydrogen-bond acceptors (Lipinski definition) is 16. The summed E-state index contributed by atoms with van der Waals surface area (Å²) in [5, 5.41) is 50.1. The quantitative estimate of drug-likeness (QED) is 0.0228. The summed E-state index contributed by atoms with van der Waals surface area (Å²) in [7, 11) is 0. The molecule has 1 saturated heterocycles. The first-order chi connectivity index (χ1) is 23.9. The molecule has 18 heteroatoms. The largest absolute Gasteiger partial charge is 0.691 e. The van der Waals surface area contributed by atoms with Crippen molar-refractivity contribution in [1.29, 1.82) is 0 Å². The van der Waals surface area contributed by atoms with Gasteiger partial charge >= 0.3 is 11.9 Å². The Bertz CT molecular complexity index is 1140. The third-order valence-electron chi connectivity index (χ3n) is 11.3. The molecule has 0 bridgehead atoms. The van der Waals surface area contributed by atoms with Crippen LogP contribution in [0, 0.1) is 34.5 Å². The molecule has 0 radical (unpaired) electrons. The van der Waals surface area contributed by atoms with Gasteiger partial charge in [0.15, 0.2) is 37.0 Å². The highest BCUT2D eigenvalue weighted by Crippen LogP contribution is 2.67. The van der Waals surface area contributed by atoms with Crippen molar-refractivity contribution in [3.8, 4) is 0 Å². The van der Waals surface area contributed by atoms with Crippen LogP contribution in [0.5, 0.6) is 0 Å². The zero-order valence-electron chi connectivity index (χ0n) is 28.7. The second-order valence-corrected chi connectivity index (χ2v) is 16.4. The highest BCUT2D eigenvalue weighted by molar-refractivity contribution is 14.1. The second-order valence-electron chi connectivity index (χ2n) is 14.6. The number of aliphatic hydroxyl groups is 1. The first kappa shape index (κ1) is 42.4. The van der Waals surface area contributed by atoms with Crippen molar-refractivity contribution in [3.63, 3.8) is 0 Å². The molecule has 4 rings (SSSR count). The first-order valence-electron chi connectivity index (χ1n) is 17.1. The van der Waals surface area contributed by atoms with E-state index in [2.05, 4.69) is 61.8 Å². The van der Waals surface area contributed by atoms with Crippen molar-refractivity contribution in [3.05, 3.63) is 12.2 Å². The maximum Gasteiger partial charge on any atom is 0.306 e. The minimum Gasteiger partial charge on any atom is -0.691 e. The molecular weight excluding hydrogens is 813 g/mol. The van der Waals surface area contributed by atoms with Crippen LogP contribution in [0.15, 0.2) is 12.2 Å². The molecule has 12 atom stereocenters. The Labute approximate surface area is 315 Å². The summed E-state index contributed by atoms with van der Waals surface area (Å²) in [5.74, 6) is -2.42. The minimum absolute atomic E-state index is 0.0139. The van der Waals surface area contributed by atoms with E-state index >= 15 is 0 Å². The number of carbonyl (C=O) groups excluding carboxylic acids is 1. The van der Waals surface area contributed by atoms with Gasteiger partial charge in [-0.05, 0) is 73.7 Å². The van der Waals surface area contributed by atoms with Gasteiger partial charge in [0.05, 0.1) is 18.1 Å². The number of rotatable bonds is 18. The lowest BCUT2D eigenvalue weighted by Gasteiger charge is -2.62. The van der Waals surface area contributed by atoms with Crippen LogP contribution in [0.3, 0.4) is 0 Å². The molecule has 288 valence electrons. The molecule has 1 aliphatic heterocycles. The maximum absolute atomic E-state index is 13.1. The number of aliphatic hydroxyl groups excluding tert-OH is 1. The van der Waals surface area contributed by atoms with Crippen LogP contribution in [-0.4, -0.2) is 69.5 Å². The van der Waals surface area contributed by atoms with E-state index in [9.17, 15) is 30.3 Å². The summed E-state index contributed by atoms with van der Waals surface area (Å²) >= 11 is 2.44. The van der Waals surface area contributed by atoms with Crippen LogP contribution in [0.1, 0.15) is 91.9 Å². The fraction of sp³-hybridized carbons (Fsp3) is 0.875. The van der Waals surface area contributed by atoms with E-state index in [1.807, 2.05) is 13.8 Å². The third kappa shape index (κ3) is 9.48. The number of halogens is 1. The van der Waals surface area contributed by atoms with Gasteiger partial charge < -0.3 is 34.9 Å². The lowest BCUT2D eigenvalue weighted by Crippen LogP contribution is -2.63. The minimum atomic E-state index is -1.32. The van der Waals surface area contributed by atoms with Crippen molar-refractivity contribution in [1.82, 2.24) is 0 Å². The molecule has 0 aromatic rings. The lowest BCUT2D eigenvalue weighted by molar-refractivity contribution is -0.778. The van der Waals surface area contributed by atoms with Crippen LogP contribution in [-0.2, 0) is 50.9 Å². The summed E-state index contributed by atoms with van der Waals surface area (Å²) in [6.07, 6.45) is -0.638. The van der Waals surface area contributed by atoms with Gasteiger partial charge in [-0.25, -0.2) is 0 Å². The van der Waals surface area contributed by atoms with E-state index in [1.54, 1.807) is 0 Å². The van der Waals surface area contributed by atoms with Crippen LogP contribution < -0.4 is 10.5 Å². The Hall–Kier alpha value is -0.330. The average Bonchev–Trinajstić information content (AvgIpc) is 3.34. The van der Waals surface area contributed by atoms with Gasteiger partial charge in [0.25, 0.3) is 0 Å². The normalized spacial score (nSPS) is 38.8. The van der Waals surface area contributed by atoms with E-state index in [4.69, 9.17) is 22.6 Å². The summed E-state index contributed by atoms with van der Waals surface area (Å²) in [6, 6.07) is 0. The number of aliphatic carboxylic acids is 1. The summed E-state index contributed by atoms with van der Waals surface area (Å²) in [4.78, 5) is 26.1. The topological polar surface area (TPSA) is 204 Å². The fourth-order valence-electron chi connectivity index (χ4n) is 9.25. The Balaban J connectivity index is 1.71. The van der Waals surface area contributed by atoms with Gasteiger partial charge in [0.1, 0.15) is 18.3 Å². The number of carboxylic acid groups (broad SMARTS) is 1. The predicted octanol–water partition coefficient (Wildman–Crippen LogP) is 4.25. The van der Waals surface area contributed by atoms with Gasteiger partial charge in [-0.15, -0.1) is 8.67 Å². The Morgan fingerprint density at radius 3 is 2.36 bits per heavy atom. The standard InChI is InChI=1S/C32H51IO15S2/c1-6-7-8-23-31(5)15-19(14-20(29(36)37)21(31)10-12-32(23)11-9-18(4)28(32)35)40-30-27(42-24(34)13-17(2)3)26(44-50-48-46-39)25(22(16-33)41-30)43-49-47-45-38/h17,19-23,25-28,30,35,38-39H,4,6-16H2,1-3,5H3,(H,36,37)/p-2/t19?,20?,21?,22-,23?,25+,26-,27?,28-,30+,31?,32?/m0/s1/i33-2. The molecule has 0 aromatic carbocycles. The number of ether oxygens (including phenoxy) is 3. The van der Waals surface area contributed by atoms with Crippen molar-refractivity contribution in [2.24, 2.45) is 34.5 Å². The number of hydrogen-bond donors (Lipinski definition) is 2. The zero-order chi connectivity index (χ0) is 36.6. The molecule has 0 aromatic heterocycles. The van der Waals surface area contributed by atoms with Gasteiger partial charge in [-0.1, -0.05) is 69.7 Å². The van der Waals surface area contributed by atoms with Gasteiger partial charge in [-0.3, -0.25) is 28.0 Å². The molecule has 4 aliphatic rings. The van der Waals surface area contributed by atoms with E-state index in [0.717, 1.165) is 44.1 Å². The van der Waals surface area contributed by atoms with E-state index in [1.165, 1.54) is 0 Å². The molecule has 2 N–H and O–H groups in total. The molecule has 1 heterocycles. The lowest BCUT2D eigenvalue weighted by atomic mass is 9.44. The van der Waals surface area contributed by atoms with Crippen molar-refractivity contribution in [2.45, 2.75) is 135 Å². The van der Waals surface area contributed by atoms with Gasteiger partial charge in [0.2, 0.25) is 0 Å². The van der Waals surface area contributed by atoms with E-state index in [-0.39, 0.29) is 55.2 Å². The van der Waals surface area contributed by atoms with Crippen molar-refractivity contribution in [2.75, 3.05) is 4.43 Å². The van der Waals surface area contributed by atoms with Crippen LogP contribution in [0.2, 0.25) is 0 Å². The number of carbonyl (C=O) groups is 2. The molecule has 3 saturated carbocycles. The van der Waals surface area contributed by atoms with Crippen molar-refractivity contribution < 1.29 is 71.6 Å². The van der Waals surface area contributed by atoms with Crippen LogP contribution in [0.25, 0.3) is 0 Å².